The number of rotatable bonds is 5. The second-order valence-corrected chi connectivity index (χ2v) is 7.02. The predicted octanol–water partition coefficient (Wildman–Crippen LogP) is 1.55. The highest BCUT2D eigenvalue weighted by Crippen LogP contribution is 2.29. The summed E-state index contributed by atoms with van der Waals surface area (Å²) in [6, 6.07) is 0.655. The van der Waals surface area contributed by atoms with Gasteiger partial charge in [-0.3, -0.25) is 4.90 Å². The molecule has 1 unspecified atom stereocenters. The van der Waals surface area contributed by atoms with Crippen LogP contribution in [0.4, 0.5) is 0 Å². The zero-order valence-electron chi connectivity index (χ0n) is 13.6. The second kappa shape index (κ2) is 7.21. The van der Waals surface area contributed by atoms with Crippen LogP contribution in [0.15, 0.2) is 0 Å². The maximum Gasteiger partial charge on any atom is 0.0506 e. The maximum atomic E-state index is 6.17. The van der Waals surface area contributed by atoms with Crippen molar-refractivity contribution in [2.45, 2.75) is 51.1 Å². The van der Waals surface area contributed by atoms with Crippen molar-refractivity contribution in [1.29, 1.82) is 0 Å². The Morgan fingerprint density at radius 2 is 2.05 bits per heavy atom. The molecule has 0 bridgehead atoms. The summed E-state index contributed by atoms with van der Waals surface area (Å²) < 4.78 is 5.62. The monoisotopic (exact) mass is 283 g/mol. The summed E-state index contributed by atoms with van der Waals surface area (Å²) in [6.07, 6.45) is 4.93. The van der Waals surface area contributed by atoms with E-state index in [1.165, 1.54) is 38.8 Å². The fourth-order valence-electron chi connectivity index (χ4n) is 3.73. The Balaban J connectivity index is 1.89. The first kappa shape index (κ1) is 16.2. The summed E-state index contributed by atoms with van der Waals surface area (Å²) in [5.74, 6) is 0.695. The molecule has 1 atom stereocenters. The average molecular weight is 283 g/mol. The molecule has 0 aromatic heterocycles. The van der Waals surface area contributed by atoms with Gasteiger partial charge in [0.15, 0.2) is 0 Å². The standard InChI is InChI=1S/C16H33N3O/c1-14(2)19-8-6-16(13-17,7-9-19)18(3)11-15-5-4-10-20-12-15/h14-15H,4-13,17H2,1-3H3. The number of likely N-dealkylation sites (tertiary alicyclic amines) is 1. The van der Waals surface area contributed by atoms with Crippen LogP contribution in [-0.4, -0.2) is 67.8 Å². The molecule has 0 aromatic rings. The number of piperidine rings is 1. The van der Waals surface area contributed by atoms with E-state index in [4.69, 9.17) is 10.5 Å². The van der Waals surface area contributed by atoms with Crippen molar-refractivity contribution >= 4 is 0 Å². The largest absolute Gasteiger partial charge is 0.381 e. The number of nitrogens with zero attached hydrogens (tertiary/aromatic N) is 2. The zero-order valence-corrected chi connectivity index (χ0v) is 13.6. The normalized spacial score (nSPS) is 28.2. The minimum atomic E-state index is 0.211. The van der Waals surface area contributed by atoms with Crippen molar-refractivity contribution in [2.24, 2.45) is 11.7 Å². The van der Waals surface area contributed by atoms with Crippen molar-refractivity contribution in [3.8, 4) is 0 Å². The van der Waals surface area contributed by atoms with E-state index in [0.717, 1.165) is 26.3 Å². The Hall–Kier alpha value is -0.160. The fourth-order valence-corrected chi connectivity index (χ4v) is 3.73. The van der Waals surface area contributed by atoms with Crippen LogP contribution in [0.1, 0.15) is 39.5 Å². The van der Waals surface area contributed by atoms with Gasteiger partial charge in [-0.2, -0.15) is 0 Å². The van der Waals surface area contributed by atoms with Gasteiger partial charge in [-0.15, -0.1) is 0 Å². The molecule has 2 rings (SSSR count). The number of hydrogen-bond donors (Lipinski definition) is 1. The Bertz CT molecular complexity index is 281. The summed E-state index contributed by atoms with van der Waals surface area (Å²) >= 11 is 0. The Kier molecular flexibility index (Phi) is 5.84. The molecule has 2 N–H and O–H groups in total. The molecule has 2 aliphatic heterocycles. The first-order chi connectivity index (χ1) is 9.57. The highest BCUT2D eigenvalue weighted by molar-refractivity contribution is 4.96. The lowest BCUT2D eigenvalue weighted by Crippen LogP contribution is -2.59. The Labute approximate surface area is 124 Å². The molecule has 4 nitrogen and oxygen atoms in total. The minimum absolute atomic E-state index is 0.211. The van der Waals surface area contributed by atoms with Gasteiger partial charge in [0, 0.05) is 44.4 Å². The third-order valence-electron chi connectivity index (χ3n) is 5.44. The smallest absolute Gasteiger partial charge is 0.0506 e. The van der Waals surface area contributed by atoms with Gasteiger partial charge < -0.3 is 15.4 Å². The first-order valence-electron chi connectivity index (χ1n) is 8.30. The van der Waals surface area contributed by atoms with E-state index in [-0.39, 0.29) is 5.54 Å². The summed E-state index contributed by atoms with van der Waals surface area (Å²) in [5.41, 5.74) is 6.39. The lowest BCUT2D eigenvalue weighted by atomic mass is 9.84. The lowest BCUT2D eigenvalue weighted by Gasteiger charge is -2.49. The van der Waals surface area contributed by atoms with Crippen molar-refractivity contribution in [3.05, 3.63) is 0 Å². The molecule has 4 heteroatoms. The van der Waals surface area contributed by atoms with Gasteiger partial charge in [0.25, 0.3) is 0 Å². The van der Waals surface area contributed by atoms with Crippen molar-refractivity contribution in [1.82, 2.24) is 9.80 Å². The van der Waals surface area contributed by atoms with E-state index in [1.54, 1.807) is 0 Å². The molecule has 0 amide bonds. The van der Waals surface area contributed by atoms with Crippen LogP contribution >= 0.6 is 0 Å². The van der Waals surface area contributed by atoms with Gasteiger partial charge >= 0.3 is 0 Å². The van der Waals surface area contributed by atoms with Crippen LogP contribution in [0.25, 0.3) is 0 Å². The molecule has 118 valence electrons. The van der Waals surface area contributed by atoms with Crippen molar-refractivity contribution < 1.29 is 4.74 Å². The minimum Gasteiger partial charge on any atom is -0.381 e. The van der Waals surface area contributed by atoms with Gasteiger partial charge in [0.05, 0.1) is 6.61 Å². The summed E-state index contributed by atoms with van der Waals surface area (Å²) in [6.45, 7) is 10.7. The molecule has 0 spiro atoms. The van der Waals surface area contributed by atoms with E-state index in [1.807, 2.05) is 0 Å². The number of ether oxygens (including phenoxy) is 1. The molecule has 20 heavy (non-hydrogen) atoms. The van der Waals surface area contributed by atoms with Gasteiger partial charge in [-0.05, 0) is 52.5 Å². The summed E-state index contributed by atoms with van der Waals surface area (Å²) in [7, 11) is 2.27. The van der Waals surface area contributed by atoms with Crippen molar-refractivity contribution in [2.75, 3.05) is 46.4 Å². The van der Waals surface area contributed by atoms with E-state index in [2.05, 4.69) is 30.7 Å². The summed E-state index contributed by atoms with van der Waals surface area (Å²) in [5, 5.41) is 0. The molecule has 2 saturated heterocycles. The Morgan fingerprint density at radius 1 is 1.35 bits per heavy atom. The fraction of sp³-hybridized carbons (Fsp3) is 1.00. The van der Waals surface area contributed by atoms with Crippen molar-refractivity contribution in [3.63, 3.8) is 0 Å². The SMILES string of the molecule is CC(C)N1CCC(CN)(N(C)CC2CCCOC2)CC1. The molecule has 2 heterocycles. The number of nitrogens with two attached hydrogens (primary N) is 1. The second-order valence-electron chi connectivity index (χ2n) is 7.02. The van der Waals surface area contributed by atoms with Crippen LogP contribution in [-0.2, 0) is 4.74 Å². The number of hydrogen-bond acceptors (Lipinski definition) is 4. The van der Waals surface area contributed by atoms with E-state index >= 15 is 0 Å². The van der Waals surface area contributed by atoms with Gasteiger partial charge in [-0.1, -0.05) is 0 Å². The molecular formula is C16H33N3O. The van der Waals surface area contributed by atoms with Gasteiger partial charge in [0.2, 0.25) is 0 Å². The van der Waals surface area contributed by atoms with Crippen LogP contribution in [0.3, 0.4) is 0 Å². The zero-order chi connectivity index (χ0) is 14.6. The quantitative estimate of drug-likeness (QED) is 0.831. The van der Waals surface area contributed by atoms with Crippen LogP contribution in [0.5, 0.6) is 0 Å². The number of likely N-dealkylation sites (N-methyl/N-ethyl adjacent to an activating group) is 1. The predicted molar refractivity (Wildman–Crippen MR) is 83.9 cm³/mol. The van der Waals surface area contributed by atoms with Crippen LogP contribution < -0.4 is 5.73 Å². The third-order valence-corrected chi connectivity index (χ3v) is 5.44. The highest BCUT2D eigenvalue weighted by Gasteiger charge is 2.38. The molecule has 0 saturated carbocycles. The van der Waals surface area contributed by atoms with E-state index in [0.29, 0.717) is 12.0 Å². The molecule has 2 fully saturated rings. The lowest BCUT2D eigenvalue weighted by molar-refractivity contribution is -0.00483. The van der Waals surface area contributed by atoms with Crippen LogP contribution in [0, 0.1) is 5.92 Å². The Morgan fingerprint density at radius 3 is 2.55 bits per heavy atom. The average Bonchev–Trinajstić information content (AvgIpc) is 2.48. The molecule has 0 aliphatic carbocycles. The third kappa shape index (κ3) is 3.73. The maximum absolute atomic E-state index is 6.17. The molecule has 0 radical (unpaired) electrons. The van der Waals surface area contributed by atoms with E-state index in [9.17, 15) is 0 Å². The summed E-state index contributed by atoms with van der Waals surface area (Å²) in [4.78, 5) is 5.12. The van der Waals surface area contributed by atoms with Gasteiger partial charge in [-0.25, -0.2) is 0 Å². The first-order valence-corrected chi connectivity index (χ1v) is 8.30. The van der Waals surface area contributed by atoms with Crippen LogP contribution in [0.2, 0.25) is 0 Å². The molecule has 2 aliphatic rings. The molecular weight excluding hydrogens is 250 g/mol. The van der Waals surface area contributed by atoms with Gasteiger partial charge in [0.1, 0.15) is 0 Å². The molecule has 0 aromatic carbocycles. The van der Waals surface area contributed by atoms with E-state index < -0.39 is 0 Å². The highest BCUT2D eigenvalue weighted by atomic mass is 16.5. The topological polar surface area (TPSA) is 41.7 Å².